The van der Waals surface area contributed by atoms with Crippen LogP contribution in [0.3, 0.4) is 0 Å². The second-order valence-corrected chi connectivity index (χ2v) is 9.71. The van der Waals surface area contributed by atoms with E-state index >= 15 is 0 Å². The van der Waals surface area contributed by atoms with Crippen LogP contribution in [0.15, 0.2) is 33.1 Å². The third-order valence-corrected chi connectivity index (χ3v) is 6.95. The van der Waals surface area contributed by atoms with Gasteiger partial charge in [0.2, 0.25) is 27.1 Å². The minimum Gasteiger partial charge on any atom is -0.497 e. The highest BCUT2D eigenvalue weighted by Gasteiger charge is 2.28. The molecule has 160 valence electrons. The Morgan fingerprint density at radius 2 is 1.97 bits per heavy atom. The summed E-state index contributed by atoms with van der Waals surface area (Å²) >= 11 is 0.768. The van der Waals surface area contributed by atoms with Gasteiger partial charge in [0.05, 0.1) is 13.7 Å². The highest BCUT2D eigenvalue weighted by Crippen LogP contribution is 2.25. The number of nitrogens with zero attached hydrogens (tertiary/aromatic N) is 5. The van der Waals surface area contributed by atoms with Crippen LogP contribution in [0.4, 0.5) is 5.13 Å². The summed E-state index contributed by atoms with van der Waals surface area (Å²) in [5, 5.41) is 13.9. The Balaban J connectivity index is 1.70. The zero-order chi connectivity index (χ0) is 21.9. The molecule has 0 atom stereocenters. The highest BCUT2D eigenvalue weighted by molar-refractivity contribution is 7.91. The maximum Gasteiger partial charge on any atom is 0.272 e. The Kier molecular flexibility index (Phi) is 6.43. The van der Waals surface area contributed by atoms with E-state index in [0.29, 0.717) is 17.1 Å². The molecule has 3 aromatic rings. The molecule has 1 amide bonds. The van der Waals surface area contributed by atoms with Crippen LogP contribution in [-0.4, -0.2) is 53.1 Å². The number of carbonyl (C=O) groups excluding carboxylic acids is 1. The van der Waals surface area contributed by atoms with Gasteiger partial charge in [-0.2, -0.15) is 9.29 Å². The predicted molar refractivity (Wildman–Crippen MR) is 108 cm³/mol. The fourth-order valence-electron chi connectivity index (χ4n) is 2.20. The molecule has 11 nitrogen and oxygen atoms in total. The zero-order valence-corrected chi connectivity index (χ0v) is 18.3. The van der Waals surface area contributed by atoms with Gasteiger partial charge in [0.15, 0.2) is 0 Å². The van der Waals surface area contributed by atoms with E-state index in [2.05, 4.69) is 25.7 Å². The molecule has 13 heteroatoms. The summed E-state index contributed by atoms with van der Waals surface area (Å²) in [4.78, 5) is 16.0. The topological polar surface area (TPSA) is 140 Å². The summed E-state index contributed by atoms with van der Waals surface area (Å²) in [6.45, 7) is 3.28. The molecule has 1 aromatic carbocycles. The van der Waals surface area contributed by atoms with Crippen molar-refractivity contribution in [2.75, 3.05) is 19.5 Å². The third-order valence-electron chi connectivity index (χ3n) is 3.97. The fraction of sp³-hybridized carbons (Fsp3) is 0.353. The number of aromatic nitrogens is 4. The third kappa shape index (κ3) is 4.80. The maximum atomic E-state index is 12.7. The molecule has 0 bridgehead atoms. The van der Waals surface area contributed by atoms with E-state index in [9.17, 15) is 13.2 Å². The average Bonchev–Trinajstić information content (AvgIpc) is 3.38. The lowest BCUT2D eigenvalue weighted by atomic mass is 10.2. The number of amides is 1. The number of methoxy groups -OCH3 is 1. The van der Waals surface area contributed by atoms with E-state index in [4.69, 9.17) is 9.26 Å². The molecule has 2 heterocycles. The van der Waals surface area contributed by atoms with Crippen LogP contribution in [0.5, 0.6) is 5.75 Å². The number of benzene rings is 1. The second-order valence-electron chi connectivity index (χ2n) is 6.52. The van der Waals surface area contributed by atoms with Crippen molar-refractivity contribution in [3.63, 3.8) is 0 Å². The first-order valence-electron chi connectivity index (χ1n) is 8.78. The van der Waals surface area contributed by atoms with E-state index in [1.54, 1.807) is 45.2 Å². The number of hydrogen-bond donors (Lipinski definition) is 1. The van der Waals surface area contributed by atoms with Crippen LogP contribution in [0.25, 0.3) is 11.4 Å². The lowest BCUT2D eigenvalue weighted by Crippen LogP contribution is -2.26. The Bertz CT molecular complexity index is 1120. The molecule has 0 radical (unpaired) electrons. The summed E-state index contributed by atoms with van der Waals surface area (Å²) in [6.07, 6.45) is 0. The van der Waals surface area contributed by atoms with Gasteiger partial charge in [0.25, 0.3) is 10.0 Å². The molecule has 0 fully saturated rings. The number of carbonyl (C=O) groups is 1. The summed E-state index contributed by atoms with van der Waals surface area (Å²) in [6, 6.07) is 7.05. The van der Waals surface area contributed by atoms with Crippen LogP contribution in [0.1, 0.15) is 19.7 Å². The lowest BCUT2D eigenvalue weighted by Gasteiger charge is -2.11. The Labute approximate surface area is 177 Å². The van der Waals surface area contributed by atoms with Gasteiger partial charge in [0.1, 0.15) is 5.75 Å². The smallest absolute Gasteiger partial charge is 0.272 e. The molecule has 2 aromatic heterocycles. The minimum absolute atomic E-state index is 0.111. The Morgan fingerprint density at radius 1 is 1.27 bits per heavy atom. The first-order chi connectivity index (χ1) is 14.2. The molecule has 0 saturated carbocycles. The van der Waals surface area contributed by atoms with Gasteiger partial charge >= 0.3 is 0 Å². The van der Waals surface area contributed by atoms with Gasteiger partial charge in [-0.25, -0.2) is 8.42 Å². The van der Waals surface area contributed by atoms with Crippen LogP contribution < -0.4 is 10.1 Å². The quantitative estimate of drug-likeness (QED) is 0.508. The van der Waals surface area contributed by atoms with E-state index in [1.807, 2.05) is 0 Å². The standard InChI is InChI=1S/C17H20N6O5S2/c1-10(2)15(24)19-16-20-21-17(29-16)30(25,26)23(3)9-13-18-14(22-28-13)11-5-7-12(27-4)8-6-11/h5-8,10H,9H2,1-4H3,(H,19,20,24). The number of nitrogens with one attached hydrogen (secondary N) is 1. The molecule has 30 heavy (non-hydrogen) atoms. The molecule has 0 aliphatic rings. The second kappa shape index (κ2) is 8.85. The first-order valence-corrected chi connectivity index (χ1v) is 11.0. The SMILES string of the molecule is COc1ccc(-c2noc(CN(C)S(=O)(=O)c3nnc(NC(=O)C(C)C)s3)n2)cc1. The van der Waals surface area contributed by atoms with Gasteiger partial charge in [0, 0.05) is 18.5 Å². The molecular weight excluding hydrogens is 432 g/mol. The van der Waals surface area contributed by atoms with Crippen molar-refractivity contribution in [1.29, 1.82) is 0 Å². The monoisotopic (exact) mass is 452 g/mol. The average molecular weight is 453 g/mol. The maximum absolute atomic E-state index is 12.7. The molecule has 0 unspecified atom stereocenters. The van der Waals surface area contributed by atoms with Crippen molar-refractivity contribution in [2.45, 2.75) is 24.7 Å². The number of anilines is 1. The van der Waals surface area contributed by atoms with Crippen LogP contribution >= 0.6 is 11.3 Å². The minimum atomic E-state index is -3.95. The molecule has 0 spiro atoms. The molecule has 0 aliphatic heterocycles. The molecule has 1 N–H and O–H groups in total. The van der Waals surface area contributed by atoms with Crippen molar-refractivity contribution in [1.82, 2.24) is 24.6 Å². The van der Waals surface area contributed by atoms with Crippen LogP contribution in [0.2, 0.25) is 0 Å². The molecule has 0 saturated heterocycles. The van der Waals surface area contributed by atoms with E-state index < -0.39 is 10.0 Å². The van der Waals surface area contributed by atoms with Crippen LogP contribution in [0, 0.1) is 5.92 Å². The highest BCUT2D eigenvalue weighted by atomic mass is 32.2. The van der Waals surface area contributed by atoms with Gasteiger partial charge in [-0.3, -0.25) is 4.79 Å². The van der Waals surface area contributed by atoms with Gasteiger partial charge < -0.3 is 14.6 Å². The summed E-state index contributed by atoms with van der Waals surface area (Å²) in [5.41, 5.74) is 0.700. The van der Waals surface area contributed by atoms with Crippen molar-refractivity contribution >= 4 is 32.4 Å². The number of ether oxygens (including phenoxy) is 1. The van der Waals surface area contributed by atoms with Crippen LogP contribution in [-0.2, 0) is 21.4 Å². The number of hydrogen-bond acceptors (Lipinski definition) is 10. The number of sulfonamides is 1. The zero-order valence-electron chi connectivity index (χ0n) is 16.7. The van der Waals surface area contributed by atoms with Crippen molar-refractivity contribution in [3.8, 4) is 17.1 Å². The van der Waals surface area contributed by atoms with Crippen molar-refractivity contribution in [2.24, 2.45) is 5.92 Å². The largest absolute Gasteiger partial charge is 0.497 e. The molecular formula is C17H20N6O5S2. The first kappa shape index (κ1) is 21.8. The van der Waals surface area contributed by atoms with Gasteiger partial charge in [-0.1, -0.05) is 30.3 Å². The van der Waals surface area contributed by atoms with Gasteiger partial charge in [-0.05, 0) is 24.3 Å². The fourth-order valence-corrected chi connectivity index (χ4v) is 4.41. The van der Waals surface area contributed by atoms with Gasteiger partial charge in [-0.15, -0.1) is 10.2 Å². The lowest BCUT2D eigenvalue weighted by molar-refractivity contribution is -0.118. The van der Waals surface area contributed by atoms with Crippen molar-refractivity contribution in [3.05, 3.63) is 30.2 Å². The molecule has 3 rings (SSSR count). The van der Waals surface area contributed by atoms with E-state index in [-0.39, 0.29) is 33.7 Å². The van der Waals surface area contributed by atoms with Crippen molar-refractivity contribution < 1.29 is 22.5 Å². The Morgan fingerprint density at radius 3 is 2.60 bits per heavy atom. The molecule has 0 aliphatic carbocycles. The summed E-state index contributed by atoms with van der Waals surface area (Å²) in [5.74, 6) is 0.585. The number of rotatable bonds is 8. The summed E-state index contributed by atoms with van der Waals surface area (Å²) < 4.78 is 36.5. The van der Waals surface area contributed by atoms with E-state index in [0.717, 1.165) is 15.6 Å². The Hall–Kier alpha value is -2.90. The summed E-state index contributed by atoms with van der Waals surface area (Å²) in [7, 11) is -1.03. The normalized spacial score (nSPS) is 11.8. The predicted octanol–water partition coefficient (Wildman–Crippen LogP) is 2.01. The van der Waals surface area contributed by atoms with E-state index in [1.165, 1.54) is 7.05 Å².